The number of benzene rings is 2. The third-order valence-corrected chi connectivity index (χ3v) is 8.47. The number of Topliss-reactive ketones (excluding diaryl/α,β-unsaturated/α-hetero) is 1. The molecule has 1 unspecified atom stereocenters. The molecular weight excluding hydrogens is 430 g/mol. The number of aromatic amines is 1. The Bertz CT molecular complexity index is 1310. The van der Waals surface area contributed by atoms with Gasteiger partial charge in [-0.15, -0.1) is 11.3 Å². The van der Waals surface area contributed by atoms with Gasteiger partial charge in [-0.25, -0.2) is 12.7 Å². The molecule has 0 fully saturated rings. The fourth-order valence-electron chi connectivity index (χ4n) is 3.41. The van der Waals surface area contributed by atoms with Crippen LogP contribution in [0.1, 0.15) is 26.8 Å². The van der Waals surface area contributed by atoms with Crippen LogP contribution in [0.3, 0.4) is 0 Å². The van der Waals surface area contributed by atoms with E-state index in [4.69, 9.17) is 0 Å². The first-order chi connectivity index (χ1) is 14.9. The number of para-hydroxylation sites is 1. The van der Waals surface area contributed by atoms with E-state index in [1.54, 1.807) is 18.3 Å². The average molecular weight is 454 g/mol. The Morgan fingerprint density at radius 2 is 1.74 bits per heavy atom. The summed E-state index contributed by atoms with van der Waals surface area (Å²) >= 11 is 1.21. The standard InChI is InChI=1S/C23H23N3O3S2/c1-26(2)31(28,29)21-13-12-17(30-21)14-25-22(16-8-4-3-5-9-16)23(27)19-15-24-20-11-7-6-10-18(19)20/h3-13,15,22,24-25H,14H2,1-2H3. The topological polar surface area (TPSA) is 82.3 Å². The van der Waals surface area contributed by atoms with E-state index < -0.39 is 16.1 Å². The van der Waals surface area contributed by atoms with Gasteiger partial charge in [-0.3, -0.25) is 10.1 Å². The summed E-state index contributed by atoms with van der Waals surface area (Å²) in [5.74, 6) is -0.0404. The summed E-state index contributed by atoms with van der Waals surface area (Å²) < 4.78 is 26.2. The first-order valence-corrected chi connectivity index (χ1v) is 12.0. The number of carbonyl (C=O) groups is 1. The van der Waals surface area contributed by atoms with Gasteiger partial charge in [0.25, 0.3) is 10.0 Å². The van der Waals surface area contributed by atoms with Crippen molar-refractivity contribution < 1.29 is 13.2 Å². The SMILES string of the molecule is CN(C)S(=O)(=O)c1ccc(CNC(C(=O)c2c[nH]c3ccccc23)c2ccccc2)s1. The van der Waals surface area contributed by atoms with E-state index in [0.29, 0.717) is 12.1 Å². The monoisotopic (exact) mass is 453 g/mol. The van der Waals surface area contributed by atoms with E-state index in [2.05, 4.69) is 10.3 Å². The summed E-state index contributed by atoms with van der Waals surface area (Å²) in [6.07, 6.45) is 1.75. The molecule has 2 aromatic carbocycles. The number of ketones is 1. The van der Waals surface area contributed by atoms with Gasteiger partial charge in [0.2, 0.25) is 0 Å². The smallest absolute Gasteiger partial charge is 0.252 e. The van der Waals surface area contributed by atoms with Crippen LogP contribution < -0.4 is 5.32 Å². The Hall–Kier alpha value is -2.78. The third kappa shape index (κ3) is 4.33. The van der Waals surface area contributed by atoms with Gasteiger partial charge < -0.3 is 4.98 Å². The number of hydrogen-bond donors (Lipinski definition) is 2. The van der Waals surface area contributed by atoms with Gasteiger partial charge in [0.05, 0.1) is 6.04 Å². The van der Waals surface area contributed by atoms with E-state index in [1.165, 1.54) is 29.7 Å². The number of aromatic nitrogens is 1. The van der Waals surface area contributed by atoms with E-state index >= 15 is 0 Å². The van der Waals surface area contributed by atoms with Gasteiger partial charge in [0.15, 0.2) is 5.78 Å². The summed E-state index contributed by atoms with van der Waals surface area (Å²) in [4.78, 5) is 17.5. The highest BCUT2D eigenvalue weighted by molar-refractivity contribution is 7.91. The molecule has 2 N–H and O–H groups in total. The van der Waals surface area contributed by atoms with Gasteiger partial charge in [0, 0.05) is 48.2 Å². The molecule has 0 spiro atoms. The Morgan fingerprint density at radius 1 is 1.03 bits per heavy atom. The van der Waals surface area contributed by atoms with E-state index in [-0.39, 0.29) is 9.99 Å². The Labute approximate surface area is 185 Å². The predicted octanol–water partition coefficient (Wildman–Crippen LogP) is 4.19. The minimum atomic E-state index is -3.47. The van der Waals surface area contributed by atoms with Crippen molar-refractivity contribution in [1.82, 2.24) is 14.6 Å². The molecule has 1 atom stereocenters. The summed E-state index contributed by atoms with van der Waals surface area (Å²) in [6.45, 7) is 0.376. The van der Waals surface area contributed by atoms with Crippen LogP contribution >= 0.6 is 11.3 Å². The van der Waals surface area contributed by atoms with Crippen LogP contribution in [0.4, 0.5) is 0 Å². The van der Waals surface area contributed by atoms with Gasteiger partial charge in [-0.1, -0.05) is 48.5 Å². The lowest BCUT2D eigenvalue weighted by molar-refractivity contribution is 0.0944. The van der Waals surface area contributed by atoms with Gasteiger partial charge in [-0.2, -0.15) is 0 Å². The molecule has 2 aromatic heterocycles. The molecule has 0 aliphatic heterocycles. The van der Waals surface area contributed by atoms with Crippen LogP contribution in [0.15, 0.2) is 77.1 Å². The van der Waals surface area contributed by atoms with Gasteiger partial charge >= 0.3 is 0 Å². The van der Waals surface area contributed by atoms with Crippen molar-refractivity contribution in [3.05, 3.63) is 88.9 Å². The van der Waals surface area contributed by atoms with E-state index in [1.807, 2.05) is 54.6 Å². The number of nitrogens with one attached hydrogen (secondary N) is 2. The van der Waals surface area contributed by atoms with Crippen molar-refractivity contribution in [2.24, 2.45) is 0 Å². The largest absolute Gasteiger partial charge is 0.360 e. The van der Waals surface area contributed by atoms with Crippen LogP contribution in [0.2, 0.25) is 0 Å². The first kappa shape index (κ1) is 21.5. The van der Waals surface area contributed by atoms with Gasteiger partial charge in [0.1, 0.15) is 4.21 Å². The Balaban J connectivity index is 1.61. The van der Waals surface area contributed by atoms with E-state index in [9.17, 15) is 13.2 Å². The molecule has 0 radical (unpaired) electrons. The average Bonchev–Trinajstić information content (AvgIpc) is 3.42. The zero-order valence-electron chi connectivity index (χ0n) is 17.2. The minimum Gasteiger partial charge on any atom is -0.360 e. The van der Waals surface area contributed by atoms with Crippen molar-refractivity contribution in [2.75, 3.05) is 14.1 Å². The van der Waals surface area contributed by atoms with Crippen molar-refractivity contribution in [1.29, 1.82) is 0 Å². The highest BCUT2D eigenvalue weighted by Crippen LogP contribution is 2.27. The van der Waals surface area contributed by atoms with Crippen molar-refractivity contribution in [3.8, 4) is 0 Å². The fourth-order valence-corrected chi connectivity index (χ4v) is 5.89. The zero-order valence-corrected chi connectivity index (χ0v) is 18.8. The molecule has 4 aromatic rings. The van der Waals surface area contributed by atoms with Gasteiger partial charge in [-0.05, 0) is 23.8 Å². The molecule has 0 saturated heterocycles. The number of carbonyl (C=O) groups excluding carboxylic acids is 1. The number of thiophene rings is 1. The molecule has 0 aliphatic rings. The highest BCUT2D eigenvalue weighted by Gasteiger charge is 2.25. The maximum atomic E-state index is 13.5. The second-order valence-corrected chi connectivity index (χ2v) is 10.9. The summed E-state index contributed by atoms with van der Waals surface area (Å²) in [7, 11) is -0.446. The summed E-state index contributed by atoms with van der Waals surface area (Å²) in [6, 6.07) is 20.1. The second kappa shape index (κ2) is 8.76. The van der Waals surface area contributed by atoms with Crippen LogP contribution in [-0.2, 0) is 16.6 Å². The third-order valence-electron chi connectivity index (χ3n) is 5.10. The van der Waals surface area contributed by atoms with Crippen LogP contribution in [0.25, 0.3) is 10.9 Å². The molecule has 0 aliphatic carbocycles. The lowest BCUT2D eigenvalue weighted by Gasteiger charge is -2.17. The molecule has 31 heavy (non-hydrogen) atoms. The van der Waals surface area contributed by atoms with Crippen LogP contribution in [-0.4, -0.2) is 37.6 Å². The Morgan fingerprint density at radius 3 is 2.48 bits per heavy atom. The number of rotatable bonds is 8. The molecule has 160 valence electrons. The number of nitrogens with zero attached hydrogens (tertiary/aromatic N) is 1. The maximum Gasteiger partial charge on any atom is 0.252 e. The van der Waals surface area contributed by atoms with E-state index in [0.717, 1.165) is 21.3 Å². The van der Waals surface area contributed by atoms with Crippen molar-refractivity contribution >= 4 is 38.0 Å². The fraction of sp³-hybridized carbons (Fsp3) is 0.174. The molecule has 8 heteroatoms. The molecule has 4 rings (SSSR count). The number of sulfonamides is 1. The lowest BCUT2D eigenvalue weighted by atomic mass is 9.97. The minimum absolute atomic E-state index is 0.0404. The van der Waals surface area contributed by atoms with Crippen LogP contribution in [0.5, 0.6) is 0 Å². The normalized spacial score (nSPS) is 13.0. The van der Waals surface area contributed by atoms with Crippen molar-refractivity contribution in [3.63, 3.8) is 0 Å². The summed E-state index contributed by atoms with van der Waals surface area (Å²) in [5, 5.41) is 4.22. The molecule has 6 nitrogen and oxygen atoms in total. The molecular formula is C23H23N3O3S2. The van der Waals surface area contributed by atoms with Crippen molar-refractivity contribution in [2.45, 2.75) is 16.8 Å². The highest BCUT2D eigenvalue weighted by atomic mass is 32.2. The first-order valence-electron chi connectivity index (χ1n) is 9.78. The molecule has 0 bridgehead atoms. The lowest BCUT2D eigenvalue weighted by Crippen LogP contribution is -2.28. The summed E-state index contributed by atoms with van der Waals surface area (Å²) in [5.41, 5.74) is 2.39. The Kier molecular flexibility index (Phi) is 6.06. The molecule has 2 heterocycles. The number of fused-ring (bicyclic) bond motifs is 1. The number of H-pyrrole nitrogens is 1. The quantitative estimate of drug-likeness (QED) is 0.392. The van der Waals surface area contributed by atoms with Crippen LogP contribution in [0, 0.1) is 0 Å². The second-order valence-electron chi connectivity index (χ2n) is 7.34. The predicted molar refractivity (Wildman–Crippen MR) is 124 cm³/mol. The molecule has 0 amide bonds. The molecule has 0 saturated carbocycles. The maximum absolute atomic E-state index is 13.5. The number of hydrogen-bond acceptors (Lipinski definition) is 5. The zero-order chi connectivity index (χ0) is 22.0.